The summed E-state index contributed by atoms with van der Waals surface area (Å²) in [5.41, 5.74) is 0. The highest BCUT2D eigenvalue weighted by atomic mass is 32.2. The highest BCUT2D eigenvalue weighted by molar-refractivity contribution is 7.89. The van der Waals surface area contributed by atoms with Crippen molar-refractivity contribution in [3.05, 3.63) is 0 Å². The largest absolute Gasteiger partial charge is 0.480 e. The van der Waals surface area contributed by atoms with E-state index in [1.165, 1.54) is 7.11 Å². The summed E-state index contributed by atoms with van der Waals surface area (Å²) in [5, 5.41) is 9.05. The van der Waals surface area contributed by atoms with Gasteiger partial charge in [0.1, 0.15) is 6.04 Å². The fraction of sp³-hybridized carbons (Fsp3) is 0.846. The number of carboxylic acids is 1. The van der Waals surface area contributed by atoms with Crippen LogP contribution in [0.2, 0.25) is 0 Å². The number of carbonyl (C=O) groups excluding carboxylic acids is 1. The molecule has 1 saturated carbocycles. The Balaban J connectivity index is 2.55. The van der Waals surface area contributed by atoms with Crippen LogP contribution >= 0.6 is 0 Å². The Hall–Kier alpha value is -1.15. The van der Waals surface area contributed by atoms with E-state index in [4.69, 9.17) is 5.11 Å². The van der Waals surface area contributed by atoms with Crippen LogP contribution in [0.15, 0.2) is 0 Å². The van der Waals surface area contributed by atoms with Crippen LogP contribution in [0.1, 0.15) is 44.9 Å². The van der Waals surface area contributed by atoms with Gasteiger partial charge in [-0.1, -0.05) is 19.3 Å². The molecule has 0 radical (unpaired) electrons. The van der Waals surface area contributed by atoms with Crippen molar-refractivity contribution in [2.24, 2.45) is 5.92 Å². The summed E-state index contributed by atoms with van der Waals surface area (Å²) in [7, 11) is -2.46. The number of esters is 1. The summed E-state index contributed by atoms with van der Waals surface area (Å²) in [6, 6.07) is -1.29. The van der Waals surface area contributed by atoms with E-state index in [-0.39, 0.29) is 24.5 Å². The number of carbonyl (C=O) groups is 2. The van der Waals surface area contributed by atoms with Gasteiger partial charge in [0, 0.05) is 6.42 Å². The van der Waals surface area contributed by atoms with Gasteiger partial charge in [0.05, 0.1) is 12.9 Å². The first-order valence-electron chi connectivity index (χ1n) is 7.13. The summed E-state index contributed by atoms with van der Waals surface area (Å²) in [6.07, 6.45) is 4.63. The zero-order valence-electron chi connectivity index (χ0n) is 12.2. The van der Waals surface area contributed by atoms with Crippen molar-refractivity contribution in [1.29, 1.82) is 0 Å². The Morgan fingerprint density at radius 1 is 1.29 bits per heavy atom. The molecule has 0 bridgehead atoms. The first-order chi connectivity index (χ1) is 9.84. The number of methoxy groups -OCH3 is 1. The van der Waals surface area contributed by atoms with Gasteiger partial charge >= 0.3 is 11.9 Å². The third kappa shape index (κ3) is 6.90. The third-order valence-electron chi connectivity index (χ3n) is 3.66. The minimum Gasteiger partial charge on any atom is -0.480 e. The highest BCUT2D eigenvalue weighted by Gasteiger charge is 2.27. The van der Waals surface area contributed by atoms with Crippen molar-refractivity contribution >= 4 is 22.0 Å². The molecule has 0 unspecified atom stereocenters. The molecule has 21 heavy (non-hydrogen) atoms. The molecule has 1 atom stereocenters. The standard InChI is InChI=1S/C13H23NO6S/c1-20-12(15)8-7-11(13(16)17)14-21(18,19)9-10-5-3-2-4-6-10/h10-11,14H,2-9H2,1H3,(H,16,17)/t11-/m0/s1. The number of rotatable bonds is 8. The van der Waals surface area contributed by atoms with E-state index in [1.54, 1.807) is 0 Å². The van der Waals surface area contributed by atoms with Crippen molar-refractivity contribution in [1.82, 2.24) is 4.72 Å². The Morgan fingerprint density at radius 3 is 2.43 bits per heavy atom. The Morgan fingerprint density at radius 2 is 1.90 bits per heavy atom. The first-order valence-corrected chi connectivity index (χ1v) is 8.79. The van der Waals surface area contributed by atoms with Crippen LogP contribution in [-0.2, 0) is 24.3 Å². The van der Waals surface area contributed by atoms with Crippen LogP contribution in [0.4, 0.5) is 0 Å². The van der Waals surface area contributed by atoms with Gasteiger partial charge in [-0.2, -0.15) is 0 Å². The van der Waals surface area contributed by atoms with Gasteiger partial charge < -0.3 is 9.84 Å². The van der Waals surface area contributed by atoms with Gasteiger partial charge in [-0.15, -0.1) is 0 Å². The van der Waals surface area contributed by atoms with E-state index < -0.39 is 28.0 Å². The molecular weight excluding hydrogens is 298 g/mol. The summed E-state index contributed by atoms with van der Waals surface area (Å²) in [6.45, 7) is 0. The molecule has 0 aromatic carbocycles. The van der Waals surface area contributed by atoms with Gasteiger partial charge in [0.2, 0.25) is 10.0 Å². The normalized spacial score (nSPS) is 18.1. The second-order valence-corrected chi connectivity index (χ2v) is 7.21. The SMILES string of the molecule is COC(=O)CC[C@H](NS(=O)(=O)CC1CCCCC1)C(=O)O. The van der Waals surface area contributed by atoms with Crippen LogP contribution in [0.3, 0.4) is 0 Å². The summed E-state index contributed by atoms with van der Waals surface area (Å²) in [4.78, 5) is 22.1. The molecule has 7 nitrogen and oxygen atoms in total. The van der Waals surface area contributed by atoms with E-state index in [0.29, 0.717) is 0 Å². The molecule has 8 heteroatoms. The summed E-state index contributed by atoms with van der Waals surface area (Å²) < 4.78 is 30.7. The maximum atomic E-state index is 12.0. The van der Waals surface area contributed by atoms with E-state index in [1.807, 2.05) is 0 Å². The molecule has 0 aliphatic heterocycles. The minimum atomic E-state index is -3.66. The number of carboxylic acid groups (broad SMARTS) is 1. The minimum absolute atomic E-state index is 0.0466. The van der Waals surface area contributed by atoms with Crippen LogP contribution in [0.5, 0.6) is 0 Å². The molecule has 0 spiro atoms. The Bertz CT molecular complexity index is 455. The van der Waals surface area contributed by atoms with E-state index in [2.05, 4.69) is 9.46 Å². The Labute approximate surface area is 125 Å². The van der Waals surface area contributed by atoms with Crippen LogP contribution in [0.25, 0.3) is 0 Å². The predicted molar refractivity (Wildman–Crippen MR) is 76.2 cm³/mol. The monoisotopic (exact) mass is 321 g/mol. The lowest BCUT2D eigenvalue weighted by atomic mass is 9.91. The van der Waals surface area contributed by atoms with Crippen molar-refractivity contribution in [3.63, 3.8) is 0 Å². The maximum absolute atomic E-state index is 12.0. The highest BCUT2D eigenvalue weighted by Crippen LogP contribution is 2.24. The summed E-state index contributed by atoms with van der Waals surface area (Å²) in [5.74, 6) is -1.81. The van der Waals surface area contributed by atoms with Gasteiger partial charge in [-0.25, -0.2) is 13.1 Å². The lowest BCUT2D eigenvalue weighted by molar-refractivity contribution is -0.142. The number of hydrogen-bond acceptors (Lipinski definition) is 5. The van der Waals surface area contributed by atoms with E-state index in [0.717, 1.165) is 32.1 Å². The number of aliphatic carboxylic acids is 1. The van der Waals surface area contributed by atoms with Crippen molar-refractivity contribution in [2.45, 2.75) is 51.0 Å². The maximum Gasteiger partial charge on any atom is 0.321 e. The average molecular weight is 321 g/mol. The fourth-order valence-electron chi connectivity index (χ4n) is 2.53. The molecule has 0 aromatic rings. The molecule has 0 heterocycles. The molecule has 1 rings (SSSR count). The second-order valence-electron chi connectivity index (χ2n) is 5.41. The van der Waals surface area contributed by atoms with Gasteiger partial charge in [0.15, 0.2) is 0 Å². The molecule has 122 valence electrons. The number of ether oxygens (including phenoxy) is 1. The average Bonchev–Trinajstić information content (AvgIpc) is 2.43. The Kier molecular flexibility index (Phi) is 7.10. The topological polar surface area (TPSA) is 110 Å². The van der Waals surface area contributed by atoms with Crippen LogP contribution in [0, 0.1) is 5.92 Å². The quantitative estimate of drug-likeness (QED) is 0.643. The molecule has 0 aromatic heterocycles. The molecule has 1 aliphatic rings. The predicted octanol–water partition coefficient (Wildman–Crippen LogP) is 0.892. The van der Waals surface area contributed by atoms with Crippen molar-refractivity contribution < 1.29 is 27.9 Å². The lowest BCUT2D eigenvalue weighted by Crippen LogP contribution is -2.43. The number of hydrogen-bond donors (Lipinski definition) is 2. The van der Waals surface area contributed by atoms with Gasteiger partial charge in [-0.05, 0) is 25.2 Å². The first kappa shape index (κ1) is 17.9. The molecule has 0 amide bonds. The zero-order chi connectivity index (χ0) is 15.9. The van der Waals surface area contributed by atoms with Crippen molar-refractivity contribution in [3.8, 4) is 0 Å². The molecule has 0 saturated heterocycles. The molecule has 1 aliphatic carbocycles. The van der Waals surface area contributed by atoms with Gasteiger partial charge in [0.25, 0.3) is 0 Å². The smallest absolute Gasteiger partial charge is 0.321 e. The van der Waals surface area contributed by atoms with E-state index in [9.17, 15) is 18.0 Å². The third-order valence-corrected chi connectivity index (χ3v) is 5.22. The van der Waals surface area contributed by atoms with Crippen LogP contribution in [-0.4, -0.2) is 44.4 Å². The zero-order valence-corrected chi connectivity index (χ0v) is 13.0. The molecule has 2 N–H and O–H groups in total. The number of nitrogens with one attached hydrogen (secondary N) is 1. The molecular formula is C13H23NO6S. The number of sulfonamides is 1. The lowest BCUT2D eigenvalue weighted by Gasteiger charge is -2.22. The van der Waals surface area contributed by atoms with Crippen LogP contribution < -0.4 is 4.72 Å². The molecule has 1 fully saturated rings. The summed E-state index contributed by atoms with van der Waals surface area (Å²) >= 11 is 0. The second kappa shape index (κ2) is 8.33. The van der Waals surface area contributed by atoms with E-state index >= 15 is 0 Å². The van der Waals surface area contributed by atoms with Crippen molar-refractivity contribution in [2.75, 3.05) is 12.9 Å². The van der Waals surface area contributed by atoms with Gasteiger partial charge in [-0.3, -0.25) is 9.59 Å². The fourth-order valence-corrected chi connectivity index (χ4v) is 4.23.